The topological polar surface area (TPSA) is 50.4 Å². The molecule has 0 aromatic carbocycles. The molecule has 2 N–H and O–H groups in total. The third kappa shape index (κ3) is 8.00. The van der Waals surface area contributed by atoms with Crippen molar-refractivity contribution >= 4 is 17.9 Å². The average molecular weight is 302 g/mol. The highest BCUT2D eigenvalue weighted by Gasteiger charge is 2.23. The Bertz CT molecular complexity index is 292. The molecule has 1 fully saturated rings. The lowest BCUT2D eigenvalue weighted by atomic mass is 10.2. The SMILES string of the molecule is CCSC1CCC(NCCCNC(=O)OC(C)(C)C)C1. The highest BCUT2D eigenvalue weighted by Crippen LogP contribution is 2.29. The van der Waals surface area contributed by atoms with Gasteiger partial charge in [-0.1, -0.05) is 6.92 Å². The average Bonchev–Trinajstić information content (AvgIpc) is 2.74. The Morgan fingerprint density at radius 2 is 2.05 bits per heavy atom. The van der Waals surface area contributed by atoms with E-state index >= 15 is 0 Å². The number of nitrogens with one attached hydrogen (secondary N) is 2. The van der Waals surface area contributed by atoms with Crippen molar-refractivity contribution in [1.29, 1.82) is 0 Å². The first-order valence-electron chi connectivity index (χ1n) is 7.72. The van der Waals surface area contributed by atoms with Crippen LogP contribution in [0.4, 0.5) is 4.79 Å². The maximum Gasteiger partial charge on any atom is 0.407 e. The number of ether oxygens (including phenoxy) is 1. The fourth-order valence-electron chi connectivity index (χ4n) is 2.41. The summed E-state index contributed by atoms with van der Waals surface area (Å²) in [5.74, 6) is 1.22. The van der Waals surface area contributed by atoms with E-state index in [0.717, 1.165) is 18.2 Å². The van der Waals surface area contributed by atoms with Crippen LogP contribution < -0.4 is 10.6 Å². The Labute approximate surface area is 127 Å². The molecule has 2 atom stereocenters. The predicted molar refractivity (Wildman–Crippen MR) is 86.4 cm³/mol. The van der Waals surface area contributed by atoms with Crippen LogP contribution in [-0.2, 0) is 4.74 Å². The minimum Gasteiger partial charge on any atom is -0.444 e. The lowest BCUT2D eigenvalue weighted by Crippen LogP contribution is -2.35. The number of thioether (sulfide) groups is 1. The summed E-state index contributed by atoms with van der Waals surface area (Å²) in [6.07, 6.45) is 4.54. The van der Waals surface area contributed by atoms with E-state index in [2.05, 4.69) is 29.3 Å². The van der Waals surface area contributed by atoms with Gasteiger partial charge < -0.3 is 15.4 Å². The smallest absolute Gasteiger partial charge is 0.407 e. The Morgan fingerprint density at radius 1 is 1.30 bits per heavy atom. The summed E-state index contributed by atoms with van der Waals surface area (Å²) < 4.78 is 5.19. The maximum atomic E-state index is 11.4. The van der Waals surface area contributed by atoms with Crippen molar-refractivity contribution in [3.8, 4) is 0 Å². The van der Waals surface area contributed by atoms with Crippen LogP contribution in [0.25, 0.3) is 0 Å². The minimum atomic E-state index is -0.419. The first kappa shape index (κ1) is 17.6. The number of amides is 1. The van der Waals surface area contributed by atoms with Crippen LogP contribution in [0, 0.1) is 0 Å². The van der Waals surface area contributed by atoms with E-state index in [0.29, 0.717) is 12.6 Å². The molecule has 0 aromatic heterocycles. The molecule has 2 unspecified atom stereocenters. The van der Waals surface area contributed by atoms with Gasteiger partial charge in [-0.05, 0) is 58.8 Å². The Kier molecular flexibility index (Phi) is 7.74. The quantitative estimate of drug-likeness (QED) is 0.709. The Balaban J connectivity index is 1.99. The van der Waals surface area contributed by atoms with E-state index in [1.807, 2.05) is 20.8 Å². The molecule has 0 bridgehead atoms. The largest absolute Gasteiger partial charge is 0.444 e. The molecule has 1 saturated carbocycles. The van der Waals surface area contributed by atoms with Crippen molar-refractivity contribution < 1.29 is 9.53 Å². The summed E-state index contributed by atoms with van der Waals surface area (Å²) in [7, 11) is 0. The van der Waals surface area contributed by atoms with Crippen molar-refractivity contribution in [2.75, 3.05) is 18.8 Å². The molecular formula is C15H30N2O2S. The highest BCUT2D eigenvalue weighted by atomic mass is 32.2. The van der Waals surface area contributed by atoms with Gasteiger partial charge in [-0.15, -0.1) is 0 Å². The number of hydrogen-bond acceptors (Lipinski definition) is 4. The third-order valence-corrected chi connectivity index (χ3v) is 4.47. The number of carbonyl (C=O) groups is 1. The van der Waals surface area contributed by atoms with Gasteiger partial charge in [0.05, 0.1) is 0 Å². The second kappa shape index (κ2) is 8.78. The molecule has 0 aliphatic heterocycles. The van der Waals surface area contributed by atoms with E-state index < -0.39 is 5.60 Å². The van der Waals surface area contributed by atoms with Crippen LogP contribution in [0.2, 0.25) is 0 Å². The fourth-order valence-corrected chi connectivity index (χ4v) is 3.55. The molecule has 1 aliphatic carbocycles. The zero-order valence-corrected chi connectivity index (χ0v) is 14.1. The maximum absolute atomic E-state index is 11.4. The standard InChI is InChI=1S/C15H30N2O2S/c1-5-20-13-8-7-12(11-13)16-9-6-10-17-14(18)19-15(2,3)4/h12-13,16H,5-11H2,1-4H3,(H,17,18). The molecule has 0 radical (unpaired) electrons. The second-order valence-corrected chi connectivity index (χ2v) is 7.90. The number of hydrogen-bond donors (Lipinski definition) is 2. The van der Waals surface area contributed by atoms with Crippen LogP contribution in [0.15, 0.2) is 0 Å². The van der Waals surface area contributed by atoms with Gasteiger partial charge in [-0.2, -0.15) is 11.8 Å². The molecule has 0 saturated heterocycles. The van der Waals surface area contributed by atoms with Crippen molar-refractivity contribution in [1.82, 2.24) is 10.6 Å². The van der Waals surface area contributed by atoms with E-state index in [1.54, 1.807) is 0 Å². The Morgan fingerprint density at radius 3 is 2.70 bits per heavy atom. The third-order valence-electron chi connectivity index (χ3n) is 3.24. The lowest BCUT2D eigenvalue weighted by Gasteiger charge is -2.19. The second-order valence-electron chi connectivity index (χ2n) is 6.32. The van der Waals surface area contributed by atoms with Gasteiger partial charge in [0.1, 0.15) is 5.60 Å². The van der Waals surface area contributed by atoms with Crippen molar-refractivity contribution in [2.24, 2.45) is 0 Å². The normalized spacial score (nSPS) is 22.8. The predicted octanol–water partition coefficient (Wildman–Crippen LogP) is 3.17. The van der Waals surface area contributed by atoms with Crippen molar-refractivity contribution in [3.05, 3.63) is 0 Å². The summed E-state index contributed by atoms with van der Waals surface area (Å²) in [5, 5.41) is 7.22. The summed E-state index contributed by atoms with van der Waals surface area (Å²) in [6.45, 7) is 9.48. The van der Waals surface area contributed by atoms with Crippen LogP contribution in [-0.4, -0.2) is 41.8 Å². The van der Waals surface area contributed by atoms with Gasteiger partial charge in [0.15, 0.2) is 0 Å². The summed E-state index contributed by atoms with van der Waals surface area (Å²) in [5.41, 5.74) is -0.419. The van der Waals surface area contributed by atoms with Gasteiger partial charge in [0, 0.05) is 17.8 Å². The van der Waals surface area contributed by atoms with Gasteiger partial charge >= 0.3 is 6.09 Å². The molecule has 1 amide bonds. The monoisotopic (exact) mass is 302 g/mol. The van der Waals surface area contributed by atoms with Crippen LogP contribution in [0.3, 0.4) is 0 Å². The van der Waals surface area contributed by atoms with Gasteiger partial charge in [-0.25, -0.2) is 4.79 Å². The van der Waals surface area contributed by atoms with Crippen LogP contribution in [0.1, 0.15) is 53.4 Å². The molecule has 4 nitrogen and oxygen atoms in total. The van der Waals surface area contributed by atoms with Crippen LogP contribution >= 0.6 is 11.8 Å². The molecule has 1 rings (SSSR count). The number of rotatable bonds is 7. The zero-order valence-electron chi connectivity index (χ0n) is 13.3. The molecule has 5 heteroatoms. The molecule has 0 aromatic rings. The van der Waals surface area contributed by atoms with E-state index in [-0.39, 0.29) is 6.09 Å². The van der Waals surface area contributed by atoms with Crippen molar-refractivity contribution in [2.45, 2.75) is 70.3 Å². The molecule has 0 spiro atoms. The van der Waals surface area contributed by atoms with Gasteiger partial charge in [0.2, 0.25) is 0 Å². The number of carbonyl (C=O) groups excluding carboxylic acids is 1. The number of alkyl carbamates (subject to hydrolysis) is 1. The first-order valence-corrected chi connectivity index (χ1v) is 8.77. The zero-order chi connectivity index (χ0) is 15.0. The first-order chi connectivity index (χ1) is 9.40. The molecule has 20 heavy (non-hydrogen) atoms. The molecule has 0 heterocycles. The molecule has 118 valence electrons. The lowest BCUT2D eigenvalue weighted by molar-refractivity contribution is 0.0527. The van der Waals surface area contributed by atoms with Crippen molar-refractivity contribution in [3.63, 3.8) is 0 Å². The van der Waals surface area contributed by atoms with E-state index in [4.69, 9.17) is 4.74 Å². The van der Waals surface area contributed by atoms with Gasteiger partial charge in [-0.3, -0.25) is 0 Å². The fraction of sp³-hybridized carbons (Fsp3) is 0.933. The summed E-state index contributed by atoms with van der Waals surface area (Å²) in [4.78, 5) is 11.4. The summed E-state index contributed by atoms with van der Waals surface area (Å²) >= 11 is 2.08. The molecule has 1 aliphatic rings. The van der Waals surface area contributed by atoms with E-state index in [9.17, 15) is 4.79 Å². The minimum absolute atomic E-state index is 0.322. The Hall–Kier alpha value is -0.420. The molecular weight excluding hydrogens is 272 g/mol. The highest BCUT2D eigenvalue weighted by molar-refractivity contribution is 7.99. The summed E-state index contributed by atoms with van der Waals surface area (Å²) in [6, 6.07) is 0.667. The van der Waals surface area contributed by atoms with E-state index in [1.165, 1.54) is 25.0 Å². The van der Waals surface area contributed by atoms with Gasteiger partial charge in [0.25, 0.3) is 0 Å². The van der Waals surface area contributed by atoms with Crippen LogP contribution in [0.5, 0.6) is 0 Å².